The number of carbonyl (C=O) groups is 1. The third kappa shape index (κ3) is 5.10. The molecule has 7 heteroatoms. The maximum absolute atomic E-state index is 14.3. The van der Waals surface area contributed by atoms with Gasteiger partial charge in [-0.1, -0.05) is 54.1 Å². The summed E-state index contributed by atoms with van der Waals surface area (Å²) >= 11 is 6.26. The number of nitrogens with zero attached hydrogens (tertiary/aromatic N) is 4. The second-order valence-corrected chi connectivity index (χ2v) is 10.4. The predicted molar refractivity (Wildman–Crippen MR) is 136 cm³/mol. The summed E-state index contributed by atoms with van der Waals surface area (Å²) in [6, 6.07) is 17.1. The van der Waals surface area contributed by atoms with Crippen molar-refractivity contribution in [3.05, 3.63) is 94.5 Å². The number of aryl methyl sites for hydroxylation is 1. The third-order valence-electron chi connectivity index (χ3n) is 7.27. The molecule has 0 bridgehead atoms. The van der Waals surface area contributed by atoms with Crippen LogP contribution >= 0.6 is 11.6 Å². The Kier molecular flexibility index (Phi) is 6.87. The fourth-order valence-electron chi connectivity index (χ4n) is 5.73. The Morgan fingerprint density at radius 3 is 2.66 bits per heavy atom. The number of amides is 1. The van der Waals surface area contributed by atoms with E-state index in [4.69, 9.17) is 11.6 Å². The molecule has 3 atom stereocenters. The van der Waals surface area contributed by atoms with Crippen LogP contribution < -0.4 is 0 Å². The number of rotatable bonds is 5. The molecule has 1 spiro atoms. The minimum absolute atomic E-state index is 0.108. The highest BCUT2D eigenvalue weighted by atomic mass is 35.5. The molecule has 6 nitrogen and oxygen atoms in total. The van der Waals surface area contributed by atoms with Crippen molar-refractivity contribution in [2.45, 2.75) is 51.4 Å². The van der Waals surface area contributed by atoms with Crippen LogP contribution in [0.2, 0.25) is 5.02 Å². The summed E-state index contributed by atoms with van der Waals surface area (Å²) in [5.74, 6) is 0.108. The summed E-state index contributed by atoms with van der Waals surface area (Å²) in [6.45, 7) is 4.48. The zero-order valence-corrected chi connectivity index (χ0v) is 20.7. The monoisotopic (exact) mass is 490 g/mol. The first kappa shape index (κ1) is 23.9. The summed E-state index contributed by atoms with van der Waals surface area (Å²) in [6.07, 6.45) is 5.05. The van der Waals surface area contributed by atoms with E-state index in [2.05, 4.69) is 14.9 Å². The standard InChI is InChI=1S/C28H31ClN4O2/c1-20-15-31-24(16-30-20)18-32-12-6-11-28(19-32)14-25(34)26(22-8-3-2-4-9-22)33(27(28)35)17-21-7-5-10-23(29)13-21/h2-5,7-10,13,15-16,25-26,34H,6,11-12,14,17-19H2,1H3/t25-,26+,28+/m1/s1. The number of carbonyl (C=O) groups excluding carboxylic acids is 1. The number of aromatic nitrogens is 2. The summed E-state index contributed by atoms with van der Waals surface area (Å²) in [7, 11) is 0. The molecular formula is C28H31ClN4O2. The number of hydrogen-bond donors (Lipinski definition) is 1. The first-order valence-electron chi connectivity index (χ1n) is 12.2. The van der Waals surface area contributed by atoms with Gasteiger partial charge >= 0.3 is 0 Å². The van der Waals surface area contributed by atoms with Gasteiger partial charge in [0.25, 0.3) is 0 Å². The molecule has 0 aliphatic carbocycles. The Labute approximate surface area is 211 Å². The van der Waals surface area contributed by atoms with E-state index in [1.54, 1.807) is 6.20 Å². The molecular weight excluding hydrogens is 460 g/mol. The molecule has 2 aliphatic heterocycles. The molecule has 2 saturated heterocycles. The van der Waals surface area contributed by atoms with Crippen LogP contribution in [0.3, 0.4) is 0 Å². The number of benzene rings is 2. The second-order valence-electron chi connectivity index (χ2n) is 9.93. The molecule has 2 fully saturated rings. The predicted octanol–water partition coefficient (Wildman–Crippen LogP) is 4.56. The Hall–Kier alpha value is -2.80. The van der Waals surface area contributed by atoms with E-state index in [0.29, 0.717) is 31.1 Å². The van der Waals surface area contributed by atoms with Gasteiger partial charge in [0.2, 0.25) is 5.91 Å². The zero-order valence-electron chi connectivity index (χ0n) is 20.0. The van der Waals surface area contributed by atoms with E-state index in [1.165, 1.54) is 0 Å². The highest BCUT2D eigenvalue weighted by molar-refractivity contribution is 6.30. The minimum Gasteiger partial charge on any atom is -0.391 e. The minimum atomic E-state index is -0.659. The van der Waals surface area contributed by atoms with Gasteiger partial charge in [0.15, 0.2) is 0 Å². The van der Waals surface area contributed by atoms with Crippen LogP contribution in [0.25, 0.3) is 0 Å². The van der Waals surface area contributed by atoms with Gasteiger partial charge in [0, 0.05) is 37.1 Å². The largest absolute Gasteiger partial charge is 0.391 e. The molecule has 1 N–H and O–H groups in total. The molecule has 1 aromatic heterocycles. The smallest absolute Gasteiger partial charge is 0.231 e. The van der Waals surface area contributed by atoms with Crippen LogP contribution in [0.4, 0.5) is 0 Å². The summed E-state index contributed by atoms with van der Waals surface area (Å²) in [5.41, 5.74) is 3.07. The molecule has 0 saturated carbocycles. The van der Waals surface area contributed by atoms with Crippen LogP contribution in [0.15, 0.2) is 67.0 Å². The second kappa shape index (κ2) is 10.1. The van der Waals surface area contributed by atoms with E-state index in [0.717, 1.165) is 41.9 Å². The van der Waals surface area contributed by atoms with E-state index < -0.39 is 17.6 Å². The molecule has 0 unspecified atom stereocenters. The molecule has 182 valence electrons. The summed E-state index contributed by atoms with van der Waals surface area (Å²) in [4.78, 5) is 27.3. The SMILES string of the molecule is Cc1cnc(CN2CCC[C@]3(C[C@@H](O)[C@H](c4ccccc4)N(Cc4cccc(Cl)c4)C3=O)C2)cn1. The lowest BCUT2D eigenvalue weighted by atomic mass is 9.69. The highest BCUT2D eigenvalue weighted by Crippen LogP contribution is 2.46. The van der Waals surface area contributed by atoms with Gasteiger partial charge in [-0.2, -0.15) is 0 Å². The van der Waals surface area contributed by atoms with E-state index in [-0.39, 0.29) is 5.91 Å². The van der Waals surface area contributed by atoms with Crippen LogP contribution in [0.1, 0.15) is 47.8 Å². The topological polar surface area (TPSA) is 69.6 Å². The Balaban J connectivity index is 1.45. The van der Waals surface area contributed by atoms with Gasteiger partial charge in [0.05, 0.1) is 28.9 Å². The number of halogens is 1. The highest BCUT2D eigenvalue weighted by Gasteiger charge is 2.52. The number of piperidine rings is 2. The first-order chi connectivity index (χ1) is 16.9. The maximum Gasteiger partial charge on any atom is 0.231 e. The number of likely N-dealkylation sites (tertiary alicyclic amines) is 2. The van der Waals surface area contributed by atoms with Crippen molar-refractivity contribution in [1.82, 2.24) is 19.8 Å². The molecule has 5 rings (SSSR count). The molecule has 1 amide bonds. The van der Waals surface area contributed by atoms with Crippen LogP contribution in [0, 0.1) is 12.3 Å². The van der Waals surface area contributed by atoms with Crippen molar-refractivity contribution in [3.63, 3.8) is 0 Å². The lowest BCUT2D eigenvalue weighted by Crippen LogP contribution is -2.60. The average Bonchev–Trinajstić information content (AvgIpc) is 2.85. The lowest BCUT2D eigenvalue weighted by molar-refractivity contribution is -0.166. The summed E-state index contributed by atoms with van der Waals surface area (Å²) in [5, 5.41) is 12.1. The lowest BCUT2D eigenvalue weighted by Gasteiger charge is -2.52. The van der Waals surface area contributed by atoms with Crippen molar-refractivity contribution in [3.8, 4) is 0 Å². The maximum atomic E-state index is 14.3. The van der Waals surface area contributed by atoms with Crippen LogP contribution in [-0.4, -0.2) is 50.0 Å². The van der Waals surface area contributed by atoms with Crippen molar-refractivity contribution in [1.29, 1.82) is 0 Å². The summed E-state index contributed by atoms with van der Waals surface area (Å²) < 4.78 is 0. The van der Waals surface area contributed by atoms with Gasteiger partial charge in [-0.05, 0) is 56.0 Å². The molecule has 3 heterocycles. The van der Waals surface area contributed by atoms with E-state index in [9.17, 15) is 9.90 Å². The van der Waals surface area contributed by atoms with Crippen LogP contribution in [0.5, 0.6) is 0 Å². The fraction of sp³-hybridized carbons (Fsp3) is 0.393. The van der Waals surface area contributed by atoms with Crippen molar-refractivity contribution in [2.75, 3.05) is 13.1 Å². The Morgan fingerprint density at radius 2 is 1.91 bits per heavy atom. The van der Waals surface area contributed by atoms with Gasteiger partial charge in [-0.3, -0.25) is 19.7 Å². The van der Waals surface area contributed by atoms with Gasteiger partial charge in [0.1, 0.15) is 0 Å². The van der Waals surface area contributed by atoms with E-state index >= 15 is 0 Å². The molecule has 2 aromatic carbocycles. The van der Waals surface area contributed by atoms with Crippen molar-refractivity contribution < 1.29 is 9.90 Å². The Bertz CT molecular complexity index is 1170. The van der Waals surface area contributed by atoms with Crippen molar-refractivity contribution in [2.24, 2.45) is 5.41 Å². The fourth-order valence-corrected chi connectivity index (χ4v) is 5.94. The number of aliphatic hydroxyl groups excluding tert-OH is 1. The molecule has 0 radical (unpaired) electrons. The van der Waals surface area contributed by atoms with Crippen LogP contribution in [-0.2, 0) is 17.9 Å². The Morgan fingerprint density at radius 1 is 1.09 bits per heavy atom. The van der Waals surface area contributed by atoms with Gasteiger partial charge in [-0.15, -0.1) is 0 Å². The molecule has 3 aromatic rings. The van der Waals surface area contributed by atoms with Gasteiger partial charge in [-0.25, -0.2) is 0 Å². The normalized spacial score (nSPS) is 25.2. The molecule has 35 heavy (non-hydrogen) atoms. The van der Waals surface area contributed by atoms with Gasteiger partial charge < -0.3 is 10.0 Å². The average molecular weight is 491 g/mol. The zero-order chi connectivity index (χ0) is 24.4. The third-order valence-corrected chi connectivity index (χ3v) is 7.51. The first-order valence-corrected chi connectivity index (χ1v) is 12.6. The van der Waals surface area contributed by atoms with E-state index in [1.807, 2.05) is 72.6 Å². The quantitative estimate of drug-likeness (QED) is 0.568. The number of hydrogen-bond acceptors (Lipinski definition) is 5. The number of aliphatic hydroxyl groups is 1. The van der Waals surface area contributed by atoms with Crippen molar-refractivity contribution >= 4 is 17.5 Å². The molecule has 2 aliphatic rings.